The van der Waals surface area contributed by atoms with E-state index in [0.29, 0.717) is 11.3 Å². The molecule has 2 aromatic rings. The number of benzene rings is 2. The van der Waals surface area contributed by atoms with Gasteiger partial charge >= 0.3 is 5.97 Å². The second kappa shape index (κ2) is 14.5. The van der Waals surface area contributed by atoms with Crippen molar-refractivity contribution in [3.8, 4) is 11.5 Å². The third kappa shape index (κ3) is 9.74. The Balaban J connectivity index is 1.43. The van der Waals surface area contributed by atoms with Crippen molar-refractivity contribution in [3.05, 3.63) is 57.6 Å². The van der Waals surface area contributed by atoms with Gasteiger partial charge in [0.05, 0.1) is 5.56 Å². The number of carbonyl (C=O) groups excluding carboxylic acids is 1. The van der Waals surface area contributed by atoms with E-state index >= 15 is 0 Å². The predicted octanol–water partition coefficient (Wildman–Crippen LogP) is 10.5. The Morgan fingerprint density at radius 1 is 0.947 bits per heavy atom. The number of hydrogen-bond donors (Lipinski definition) is 0. The van der Waals surface area contributed by atoms with Gasteiger partial charge in [0.25, 0.3) is 0 Å². The lowest BCUT2D eigenvalue weighted by Gasteiger charge is -2.37. The van der Waals surface area contributed by atoms with Crippen LogP contribution in [0.4, 0.5) is 0 Å². The molecule has 3 rings (SSSR count). The Labute approximate surface area is 240 Å². The van der Waals surface area contributed by atoms with Crippen LogP contribution >= 0.6 is 15.9 Å². The van der Waals surface area contributed by atoms with Gasteiger partial charge in [-0.05, 0) is 105 Å². The number of halogens is 1. The van der Waals surface area contributed by atoms with E-state index in [1.165, 1.54) is 51.4 Å². The highest BCUT2D eigenvalue weighted by Crippen LogP contribution is 2.40. The molecule has 0 aromatic heterocycles. The van der Waals surface area contributed by atoms with Gasteiger partial charge in [-0.3, -0.25) is 0 Å². The molecule has 1 aliphatic heterocycles. The molecule has 0 amide bonds. The minimum Gasteiger partial charge on any atom is -0.487 e. The van der Waals surface area contributed by atoms with Crippen LogP contribution in [0.2, 0.25) is 0 Å². The SMILES string of the molecule is Cc1cc(OC(=O)c2ccc(Br)cc2)cc2c1O[C@@](C)(CCC[C@H](C)CCC[C@H](C)CCCC(C)C)CC2. The van der Waals surface area contributed by atoms with Crippen molar-refractivity contribution in [3.63, 3.8) is 0 Å². The van der Waals surface area contributed by atoms with E-state index < -0.39 is 0 Å². The lowest BCUT2D eigenvalue weighted by molar-refractivity contribution is 0.0512. The van der Waals surface area contributed by atoms with Crippen LogP contribution in [-0.2, 0) is 6.42 Å². The van der Waals surface area contributed by atoms with Gasteiger partial charge in [0.15, 0.2) is 0 Å². The maximum atomic E-state index is 12.6. The van der Waals surface area contributed by atoms with Crippen molar-refractivity contribution in [2.45, 2.75) is 118 Å². The van der Waals surface area contributed by atoms with E-state index in [-0.39, 0.29) is 11.6 Å². The van der Waals surface area contributed by atoms with Crippen molar-refractivity contribution >= 4 is 21.9 Å². The van der Waals surface area contributed by atoms with E-state index in [0.717, 1.165) is 58.4 Å². The molecule has 210 valence electrons. The maximum absolute atomic E-state index is 12.6. The molecule has 3 atom stereocenters. The lowest BCUT2D eigenvalue weighted by Crippen LogP contribution is -2.36. The van der Waals surface area contributed by atoms with Crippen molar-refractivity contribution in [1.29, 1.82) is 0 Å². The maximum Gasteiger partial charge on any atom is 0.343 e. The molecule has 2 aromatic carbocycles. The average molecular weight is 586 g/mol. The Bertz CT molecular complexity index is 1030. The largest absolute Gasteiger partial charge is 0.487 e. The Hall–Kier alpha value is -1.81. The lowest BCUT2D eigenvalue weighted by atomic mass is 9.85. The quantitative estimate of drug-likeness (QED) is 0.163. The number of rotatable bonds is 14. The summed E-state index contributed by atoms with van der Waals surface area (Å²) >= 11 is 3.40. The summed E-state index contributed by atoms with van der Waals surface area (Å²) in [5.41, 5.74) is 2.58. The summed E-state index contributed by atoms with van der Waals surface area (Å²) in [5, 5.41) is 0. The van der Waals surface area contributed by atoms with Crippen LogP contribution in [0, 0.1) is 24.7 Å². The van der Waals surface area contributed by atoms with Gasteiger partial charge in [-0.1, -0.05) is 88.6 Å². The van der Waals surface area contributed by atoms with Crippen molar-refractivity contribution in [2.24, 2.45) is 17.8 Å². The van der Waals surface area contributed by atoms with Crippen molar-refractivity contribution in [1.82, 2.24) is 0 Å². The molecule has 0 bridgehead atoms. The number of esters is 1. The minimum atomic E-state index is -0.340. The standard InChI is InChI=1S/C34H49BrO3/c1-24(2)10-7-11-25(3)12-8-13-26(4)14-9-20-34(6)21-19-29-23-31(22-27(5)32(29)38-34)37-33(36)28-15-17-30(35)18-16-28/h15-18,22-26H,7-14,19-21H2,1-6H3/t25-,26-,34+/m1/s1. The van der Waals surface area contributed by atoms with Crippen LogP contribution in [0.25, 0.3) is 0 Å². The number of aryl methyl sites for hydroxylation is 2. The fraction of sp³-hybridized carbons (Fsp3) is 0.618. The second-order valence-electron chi connectivity index (χ2n) is 12.5. The summed E-state index contributed by atoms with van der Waals surface area (Å²) in [6.45, 7) is 13.8. The number of ether oxygens (including phenoxy) is 2. The van der Waals surface area contributed by atoms with Crippen molar-refractivity contribution in [2.75, 3.05) is 0 Å². The van der Waals surface area contributed by atoms with E-state index in [1.54, 1.807) is 12.1 Å². The van der Waals surface area contributed by atoms with Crippen LogP contribution in [0.5, 0.6) is 11.5 Å². The molecule has 1 heterocycles. The second-order valence-corrected chi connectivity index (χ2v) is 13.5. The van der Waals surface area contributed by atoms with Crippen LogP contribution in [-0.4, -0.2) is 11.6 Å². The first-order valence-electron chi connectivity index (χ1n) is 14.8. The molecule has 0 fully saturated rings. The number of hydrogen-bond acceptors (Lipinski definition) is 3. The highest BCUT2D eigenvalue weighted by Gasteiger charge is 2.32. The Kier molecular flexibility index (Phi) is 11.8. The smallest absolute Gasteiger partial charge is 0.343 e. The zero-order chi connectivity index (χ0) is 27.7. The summed E-state index contributed by atoms with van der Waals surface area (Å²) in [5.74, 6) is 3.70. The summed E-state index contributed by atoms with van der Waals surface area (Å²) < 4.78 is 13.2. The topological polar surface area (TPSA) is 35.5 Å². The molecule has 0 saturated heterocycles. The van der Waals surface area contributed by atoms with Gasteiger partial charge < -0.3 is 9.47 Å². The molecule has 0 N–H and O–H groups in total. The summed E-state index contributed by atoms with van der Waals surface area (Å²) in [6.07, 6.45) is 13.7. The van der Waals surface area contributed by atoms with E-state index in [1.807, 2.05) is 31.2 Å². The van der Waals surface area contributed by atoms with Crippen LogP contribution in [0.1, 0.15) is 120 Å². The molecule has 0 aliphatic carbocycles. The number of carbonyl (C=O) groups is 1. The van der Waals surface area contributed by atoms with E-state index in [9.17, 15) is 4.79 Å². The fourth-order valence-corrected chi connectivity index (χ4v) is 5.89. The third-order valence-electron chi connectivity index (χ3n) is 8.16. The first-order valence-corrected chi connectivity index (χ1v) is 15.6. The van der Waals surface area contributed by atoms with Gasteiger partial charge in [0.2, 0.25) is 0 Å². The summed E-state index contributed by atoms with van der Waals surface area (Å²) in [7, 11) is 0. The number of fused-ring (bicyclic) bond motifs is 1. The molecule has 0 spiro atoms. The zero-order valence-corrected chi connectivity index (χ0v) is 26.2. The molecule has 1 aliphatic rings. The molecular formula is C34H49BrO3. The average Bonchev–Trinajstić information content (AvgIpc) is 2.85. The Morgan fingerprint density at radius 2 is 1.55 bits per heavy atom. The van der Waals surface area contributed by atoms with E-state index in [4.69, 9.17) is 9.47 Å². The monoisotopic (exact) mass is 584 g/mol. The summed E-state index contributed by atoms with van der Waals surface area (Å²) in [6, 6.07) is 11.1. The molecule has 4 heteroatoms. The predicted molar refractivity (Wildman–Crippen MR) is 162 cm³/mol. The highest BCUT2D eigenvalue weighted by atomic mass is 79.9. The van der Waals surface area contributed by atoms with Gasteiger partial charge in [-0.25, -0.2) is 4.79 Å². The molecular weight excluding hydrogens is 536 g/mol. The Morgan fingerprint density at radius 3 is 2.18 bits per heavy atom. The first-order chi connectivity index (χ1) is 18.0. The van der Waals surface area contributed by atoms with Crippen LogP contribution < -0.4 is 9.47 Å². The van der Waals surface area contributed by atoms with Gasteiger partial charge in [0.1, 0.15) is 17.1 Å². The normalized spacial score (nSPS) is 18.5. The third-order valence-corrected chi connectivity index (χ3v) is 8.69. The fourth-order valence-electron chi connectivity index (χ4n) is 5.63. The van der Waals surface area contributed by atoms with Crippen LogP contribution in [0.15, 0.2) is 40.9 Å². The van der Waals surface area contributed by atoms with Crippen molar-refractivity contribution < 1.29 is 14.3 Å². The van der Waals surface area contributed by atoms with Gasteiger partial charge in [-0.2, -0.15) is 0 Å². The zero-order valence-electron chi connectivity index (χ0n) is 24.6. The van der Waals surface area contributed by atoms with Gasteiger partial charge in [-0.15, -0.1) is 0 Å². The van der Waals surface area contributed by atoms with Gasteiger partial charge in [0, 0.05) is 4.47 Å². The van der Waals surface area contributed by atoms with Crippen LogP contribution in [0.3, 0.4) is 0 Å². The minimum absolute atomic E-state index is 0.127. The molecule has 0 saturated carbocycles. The molecule has 0 unspecified atom stereocenters. The summed E-state index contributed by atoms with van der Waals surface area (Å²) in [4.78, 5) is 12.6. The highest BCUT2D eigenvalue weighted by molar-refractivity contribution is 9.10. The van der Waals surface area contributed by atoms with E-state index in [2.05, 4.69) is 50.5 Å². The molecule has 38 heavy (non-hydrogen) atoms. The molecule has 3 nitrogen and oxygen atoms in total. The molecule has 0 radical (unpaired) electrons. The first kappa shape index (κ1) is 30.7.